The zero-order valence-electron chi connectivity index (χ0n) is 17.9. The van der Waals surface area contributed by atoms with Crippen LogP contribution < -0.4 is 11.2 Å². The van der Waals surface area contributed by atoms with Crippen molar-refractivity contribution in [1.82, 2.24) is 23.9 Å². The van der Waals surface area contributed by atoms with E-state index in [1.807, 2.05) is 42.6 Å². The minimum absolute atomic E-state index is 0.107. The average Bonchev–Trinajstić information content (AvgIpc) is 3.67. The third-order valence-corrected chi connectivity index (χ3v) is 5.76. The lowest BCUT2D eigenvalue weighted by Crippen LogP contribution is -2.40. The SMILES string of the molecule is O=c1c2[nH]c(-c3cnn(-c4ccccc4)c3)cc2n(Cc2ccoc2)c(=O)n1Cc1ccoc1. The lowest BCUT2D eigenvalue weighted by molar-refractivity contribution is 0.556. The van der Waals surface area contributed by atoms with E-state index in [9.17, 15) is 9.59 Å². The van der Waals surface area contributed by atoms with E-state index in [1.54, 1.807) is 40.1 Å². The van der Waals surface area contributed by atoms with Crippen molar-refractivity contribution in [3.05, 3.63) is 118 Å². The Morgan fingerprint density at radius 1 is 0.882 bits per heavy atom. The van der Waals surface area contributed by atoms with Crippen LogP contribution in [-0.4, -0.2) is 23.9 Å². The van der Waals surface area contributed by atoms with Gasteiger partial charge in [0.2, 0.25) is 0 Å². The van der Waals surface area contributed by atoms with Gasteiger partial charge in [0.1, 0.15) is 5.52 Å². The van der Waals surface area contributed by atoms with Crippen molar-refractivity contribution in [3.8, 4) is 16.9 Å². The van der Waals surface area contributed by atoms with E-state index in [1.165, 1.54) is 17.1 Å². The quantitative estimate of drug-likeness (QED) is 0.415. The lowest BCUT2D eigenvalue weighted by Gasteiger charge is -2.10. The van der Waals surface area contributed by atoms with Crippen molar-refractivity contribution >= 4 is 11.0 Å². The van der Waals surface area contributed by atoms with Crippen LogP contribution in [0.2, 0.25) is 0 Å². The Labute approximate surface area is 192 Å². The predicted octanol–water partition coefficient (Wildman–Crippen LogP) is 3.63. The summed E-state index contributed by atoms with van der Waals surface area (Å²) in [6.45, 7) is 0.369. The molecule has 0 fully saturated rings. The van der Waals surface area contributed by atoms with Gasteiger partial charge in [0, 0.05) is 22.9 Å². The van der Waals surface area contributed by atoms with Gasteiger partial charge in [-0.3, -0.25) is 13.9 Å². The van der Waals surface area contributed by atoms with Crippen molar-refractivity contribution in [1.29, 1.82) is 0 Å². The molecule has 0 radical (unpaired) electrons. The lowest BCUT2D eigenvalue weighted by atomic mass is 10.2. The van der Waals surface area contributed by atoms with Gasteiger partial charge in [-0.05, 0) is 30.3 Å². The average molecular weight is 453 g/mol. The number of hydrogen-bond donors (Lipinski definition) is 1. The Morgan fingerprint density at radius 2 is 1.59 bits per heavy atom. The maximum atomic E-state index is 13.4. The first-order valence-electron chi connectivity index (χ1n) is 10.7. The number of nitrogens with one attached hydrogen (secondary N) is 1. The number of aromatic nitrogens is 5. The molecule has 0 saturated carbocycles. The van der Waals surface area contributed by atoms with Crippen LogP contribution in [-0.2, 0) is 13.1 Å². The van der Waals surface area contributed by atoms with Gasteiger partial charge in [-0.1, -0.05) is 18.2 Å². The molecule has 0 atom stereocenters. The molecule has 5 heterocycles. The van der Waals surface area contributed by atoms with Crippen molar-refractivity contribution in [2.24, 2.45) is 0 Å². The number of hydrogen-bond acceptors (Lipinski definition) is 5. The number of H-pyrrole nitrogens is 1. The van der Waals surface area contributed by atoms with E-state index in [2.05, 4.69) is 10.1 Å². The Morgan fingerprint density at radius 3 is 2.26 bits per heavy atom. The Kier molecular flexibility index (Phi) is 4.65. The van der Waals surface area contributed by atoms with Gasteiger partial charge in [0.05, 0.1) is 61.2 Å². The van der Waals surface area contributed by atoms with Crippen molar-refractivity contribution in [2.45, 2.75) is 13.1 Å². The normalized spacial score (nSPS) is 11.4. The highest BCUT2D eigenvalue weighted by Crippen LogP contribution is 2.23. The molecule has 168 valence electrons. The first kappa shape index (κ1) is 19.9. The van der Waals surface area contributed by atoms with E-state index in [0.717, 1.165) is 22.4 Å². The summed E-state index contributed by atoms with van der Waals surface area (Å²) in [5.41, 5.74) is 4.00. The molecule has 0 bridgehead atoms. The predicted molar refractivity (Wildman–Crippen MR) is 125 cm³/mol. The summed E-state index contributed by atoms with van der Waals surface area (Å²) in [7, 11) is 0. The second kappa shape index (κ2) is 7.96. The maximum absolute atomic E-state index is 13.4. The highest BCUT2D eigenvalue weighted by molar-refractivity contribution is 5.82. The zero-order valence-corrected chi connectivity index (χ0v) is 17.9. The van der Waals surface area contributed by atoms with E-state index in [-0.39, 0.29) is 13.1 Å². The van der Waals surface area contributed by atoms with Crippen molar-refractivity contribution in [2.75, 3.05) is 0 Å². The molecule has 1 aromatic carbocycles. The minimum Gasteiger partial charge on any atom is -0.472 e. The third-order valence-electron chi connectivity index (χ3n) is 5.76. The molecule has 0 aliphatic heterocycles. The van der Waals surface area contributed by atoms with Crippen LogP contribution in [0.4, 0.5) is 0 Å². The summed E-state index contributed by atoms with van der Waals surface area (Å²) >= 11 is 0. The molecular weight excluding hydrogens is 434 g/mol. The number of furan rings is 2. The zero-order chi connectivity index (χ0) is 23.1. The van der Waals surface area contributed by atoms with Crippen molar-refractivity contribution in [3.63, 3.8) is 0 Å². The van der Waals surface area contributed by atoms with Gasteiger partial charge in [-0.2, -0.15) is 5.10 Å². The molecule has 1 N–H and O–H groups in total. The number of benzene rings is 1. The molecule has 0 amide bonds. The first-order chi connectivity index (χ1) is 16.7. The van der Waals surface area contributed by atoms with E-state index < -0.39 is 11.2 Å². The number of aromatic amines is 1. The Hall–Kier alpha value is -4.79. The molecule has 0 saturated heterocycles. The van der Waals surface area contributed by atoms with Crippen LogP contribution >= 0.6 is 0 Å². The summed E-state index contributed by atoms with van der Waals surface area (Å²) in [6.07, 6.45) is 9.78. The van der Waals surface area contributed by atoms with Gasteiger partial charge in [0.15, 0.2) is 0 Å². The van der Waals surface area contributed by atoms with Crippen molar-refractivity contribution < 1.29 is 8.83 Å². The van der Waals surface area contributed by atoms with Gasteiger partial charge in [-0.25, -0.2) is 9.48 Å². The maximum Gasteiger partial charge on any atom is 0.332 e. The summed E-state index contributed by atoms with van der Waals surface area (Å²) in [6, 6.07) is 15.1. The molecule has 0 aliphatic rings. The smallest absolute Gasteiger partial charge is 0.332 e. The summed E-state index contributed by atoms with van der Waals surface area (Å²) in [5.74, 6) is 0. The van der Waals surface area contributed by atoms with Gasteiger partial charge in [0.25, 0.3) is 5.56 Å². The first-order valence-corrected chi connectivity index (χ1v) is 10.7. The fraction of sp³-hybridized carbons (Fsp3) is 0.0800. The number of fused-ring (bicyclic) bond motifs is 1. The van der Waals surface area contributed by atoms with Gasteiger partial charge >= 0.3 is 5.69 Å². The molecule has 9 nitrogen and oxygen atoms in total. The molecule has 0 unspecified atom stereocenters. The summed E-state index contributed by atoms with van der Waals surface area (Å²) < 4.78 is 14.8. The molecule has 0 aliphatic carbocycles. The minimum atomic E-state index is -0.412. The largest absolute Gasteiger partial charge is 0.472 e. The van der Waals surface area contributed by atoms with Crippen LogP contribution in [0.25, 0.3) is 28.0 Å². The van der Waals surface area contributed by atoms with Crippen LogP contribution in [0, 0.1) is 0 Å². The highest BCUT2D eigenvalue weighted by Gasteiger charge is 2.18. The van der Waals surface area contributed by atoms with Gasteiger partial charge in [-0.15, -0.1) is 0 Å². The fourth-order valence-corrected chi connectivity index (χ4v) is 4.05. The van der Waals surface area contributed by atoms with E-state index in [0.29, 0.717) is 16.7 Å². The topological polar surface area (TPSA) is 104 Å². The highest BCUT2D eigenvalue weighted by atomic mass is 16.3. The van der Waals surface area contributed by atoms with E-state index in [4.69, 9.17) is 8.83 Å². The molecule has 9 heteroatoms. The number of para-hydroxylation sites is 1. The van der Waals surface area contributed by atoms with Crippen LogP contribution in [0.3, 0.4) is 0 Å². The van der Waals surface area contributed by atoms with Gasteiger partial charge < -0.3 is 13.8 Å². The van der Waals surface area contributed by atoms with E-state index >= 15 is 0 Å². The number of nitrogens with zero attached hydrogens (tertiary/aromatic N) is 4. The third kappa shape index (κ3) is 3.39. The monoisotopic (exact) mass is 453 g/mol. The number of rotatable bonds is 6. The fourth-order valence-electron chi connectivity index (χ4n) is 4.05. The molecule has 34 heavy (non-hydrogen) atoms. The van der Waals surface area contributed by atoms with Crippen LogP contribution in [0.15, 0.2) is 104 Å². The molecule has 6 rings (SSSR count). The Balaban J connectivity index is 1.51. The molecule has 6 aromatic rings. The standard InChI is InChI=1S/C25H19N5O4/c31-24-23-22(10-21(27-23)19-11-26-30(14-19)20-4-2-1-3-5-20)28(12-17-6-8-33-15-17)25(32)29(24)13-18-7-9-34-16-18/h1-11,14-16,27H,12-13H2. The Bertz CT molecular complexity index is 1680. The van der Waals surface area contributed by atoms with Crippen LogP contribution in [0.5, 0.6) is 0 Å². The summed E-state index contributed by atoms with van der Waals surface area (Å²) in [4.78, 5) is 30.0. The van der Waals surface area contributed by atoms with Crippen LogP contribution in [0.1, 0.15) is 11.1 Å². The second-order valence-corrected chi connectivity index (χ2v) is 7.98. The molecule has 0 spiro atoms. The molecular formula is C25H19N5O4. The second-order valence-electron chi connectivity index (χ2n) is 7.98. The summed E-state index contributed by atoms with van der Waals surface area (Å²) in [5, 5.41) is 4.45. The molecule has 5 aromatic heterocycles.